The second kappa shape index (κ2) is 5.93. The van der Waals surface area contributed by atoms with Crippen LogP contribution in [-0.2, 0) is 14.3 Å². The minimum atomic E-state index is -0.526. The Morgan fingerprint density at radius 1 is 1.11 bits per heavy atom. The van der Waals surface area contributed by atoms with Crippen molar-refractivity contribution in [1.82, 2.24) is 0 Å². The number of rotatable bonds is 1. The first-order chi connectivity index (χ1) is 12.9. The Labute approximate surface area is 169 Å². The number of aliphatic hydroxyl groups excluding tert-OH is 1. The van der Waals surface area contributed by atoms with Gasteiger partial charge >= 0.3 is 5.97 Å². The average molecular weight is 389 g/mol. The molecule has 3 unspecified atom stereocenters. The Morgan fingerprint density at radius 2 is 1.79 bits per heavy atom. The molecule has 0 aromatic carbocycles. The molecule has 28 heavy (non-hydrogen) atoms. The summed E-state index contributed by atoms with van der Waals surface area (Å²) in [4.78, 5) is 24.6. The molecule has 4 aliphatic carbocycles. The fourth-order valence-corrected chi connectivity index (χ4v) is 8.29. The number of hydrogen-bond donors (Lipinski definition) is 1. The highest BCUT2D eigenvalue weighted by molar-refractivity contribution is 5.85. The molecule has 4 heteroatoms. The van der Waals surface area contributed by atoms with E-state index in [1.54, 1.807) is 0 Å². The van der Waals surface area contributed by atoms with Gasteiger partial charge in [0.15, 0.2) is 0 Å². The molecular weight excluding hydrogens is 352 g/mol. The maximum absolute atomic E-state index is 12.7. The highest BCUT2D eigenvalue weighted by atomic mass is 16.5. The van der Waals surface area contributed by atoms with Crippen LogP contribution in [0.1, 0.15) is 73.6 Å². The normalized spacial score (nSPS) is 51.8. The summed E-state index contributed by atoms with van der Waals surface area (Å²) in [6.45, 7) is 12.7. The van der Waals surface area contributed by atoms with E-state index in [0.29, 0.717) is 24.0 Å². The van der Waals surface area contributed by atoms with E-state index in [1.807, 2.05) is 6.08 Å². The fraction of sp³-hybridized carbons (Fsp3) is 0.833. The van der Waals surface area contributed by atoms with E-state index in [1.165, 1.54) is 6.92 Å². The van der Waals surface area contributed by atoms with E-state index < -0.39 is 6.10 Å². The van der Waals surface area contributed by atoms with E-state index in [4.69, 9.17) is 4.74 Å². The zero-order chi connectivity index (χ0) is 20.7. The van der Waals surface area contributed by atoms with Gasteiger partial charge in [0.05, 0.1) is 6.10 Å². The van der Waals surface area contributed by atoms with Crippen LogP contribution in [0, 0.1) is 39.4 Å². The Kier molecular flexibility index (Phi) is 4.26. The van der Waals surface area contributed by atoms with E-state index in [2.05, 4.69) is 40.7 Å². The number of ketones is 1. The Balaban J connectivity index is 1.82. The van der Waals surface area contributed by atoms with Gasteiger partial charge in [-0.05, 0) is 48.3 Å². The van der Waals surface area contributed by atoms with Gasteiger partial charge in [-0.1, -0.05) is 46.8 Å². The summed E-state index contributed by atoms with van der Waals surface area (Å²) < 4.78 is 5.84. The Bertz CT molecular complexity index is 739. The van der Waals surface area contributed by atoms with Crippen LogP contribution in [0.3, 0.4) is 0 Å². The number of carbonyl (C=O) groups is 2. The molecule has 1 N–H and O–H groups in total. The van der Waals surface area contributed by atoms with Crippen molar-refractivity contribution in [2.75, 3.05) is 0 Å². The number of esters is 1. The largest absolute Gasteiger partial charge is 0.462 e. The van der Waals surface area contributed by atoms with Gasteiger partial charge in [-0.2, -0.15) is 0 Å². The molecule has 0 aromatic rings. The minimum Gasteiger partial charge on any atom is -0.462 e. The molecule has 0 radical (unpaired) electrons. The molecular formula is C24H36O4. The van der Waals surface area contributed by atoms with Gasteiger partial charge in [-0.15, -0.1) is 0 Å². The molecule has 4 nitrogen and oxygen atoms in total. The van der Waals surface area contributed by atoms with Crippen LogP contribution in [0.15, 0.2) is 12.2 Å². The van der Waals surface area contributed by atoms with E-state index >= 15 is 0 Å². The van der Waals surface area contributed by atoms with Crippen LogP contribution >= 0.6 is 0 Å². The molecule has 0 aliphatic heterocycles. The van der Waals surface area contributed by atoms with Gasteiger partial charge in [0.1, 0.15) is 11.9 Å². The zero-order valence-corrected chi connectivity index (χ0v) is 18.2. The highest BCUT2D eigenvalue weighted by Crippen LogP contribution is 2.73. The van der Waals surface area contributed by atoms with Crippen LogP contribution < -0.4 is 0 Å². The van der Waals surface area contributed by atoms with Gasteiger partial charge in [0, 0.05) is 30.1 Å². The van der Waals surface area contributed by atoms with Crippen molar-refractivity contribution in [2.24, 2.45) is 39.4 Å². The van der Waals surface area contributed by atoms with Gasteiger partial charge in [0.25, 0.3) is 0 Å². The van der Waals surface area contributed by atoms with E-state index in [-0.39, 0.29) is 39.7 Å². The lowest BCUT2D eigenvalue weighted by molar-refractivity contribution is -0.239. The van der Waals surface area contributed by atoms with Gasteiger partial charge in [0.2, 0.25) is 0 Å². The molecule has 3 saturated carbocycles. The van der Waals surface area contributed by atoms with Gasteiger partial charge in [-0.25, -0.2) is 0 Å². The van der Waals surface area contributed by atoms with Crippen molar-refractivity contribution in [3.63, 3.8) is 0 Å². The predicted octanol–water partition coefficient (Wildman–Crippen LogP) is 4.30. The molecule has 0 amide bonds. The van der Waals surface area contributed by atoms with Crippen molar-refractivity contribution in [2.45, 2.75) is 85.9 Å². The molecule has 0 aromatic heterocycles. The number of carbonyl (C=O) groups excluding carboxylic acids is 2. The number of ether oxygens (including phenoxy) is 1. The van der Waals surface area contributed by atoms with Gasteiger partial charge < -0.3 is 9.84 Å². The predicted molar refractivity (Wildman–Crippen MR) is 107 cm³/mol. The lowest BCUT2D eigenvalue weighted by atomic mass is 9.35. The second-order valence-electron chi connectivity index (χ2n) is 11.2. The topological polar surface area (TPSA) is 63.6 Å². The average Bonchev–Trinajstić information content (AvgIpc) is 2.90. The second-order valence-corrected chi connectivity index (χ2v) is 11.2. The molecule has 3 fully saturated rings. The SMILES string of the molecule is CC(=O)O[C@@H]1CC2[C@@]3(C)CCC(=O)C(C)(C)C3CC[C@@]2(C)[C@@]2(C)C1C=C[C@@H]2O. The fourth-order valence-electron chi connectivity index (χ4n) is 8.29. The molecule has 4 aliphatic rings. The third-order valence-electron chi connectivity index (χ3n) is 10.0. The van der Waals surface area contributed by atoms with Crippen LogP contribution in [0.5, 0.6) is 0 Å². The smallest absolute Gasteiger partial charge is 0.302 e. The third-order valence-corrected chi connectivity index (χ3v) is 10.0. The number of fused-ring (bicyclic) bond motifs is 5. The maximum Gasteiger partial charge on any atom is 0.302 e. The van der Waals surface area contributed by atoms with Crippen molar-refractivity contribution in [1.29, 1.82) is 0 Å². The van der Waals surface area contributed by atoms with E-state index in [9.17, 15) is 14.7 Å². The minimum absolute atomic E-state index is 0.0130. The summed E-state index contributed by atoms with van der Waals surface area (Å²) in [5, 5.41) is 11.1. The van der Waals surface area contributed by atoms with Crippen molar-refractivity contribution in [3.05, 3.63) is 12.2 Å². The van der Waals surface area contributed by atoms with Crippen LogP contribution in [0.25, 0.3) is 0 Å². The molecule has 0 bridgehead atoms. The lowest BCUT2D eigenvalue weighted by Crippen LogP contribution is -2.67. The number of hydrogen-bond acceptors (Lipinski definition) is 4. The maximum atomic E-state index is 12.7. The Morgan fingerprint density at radius 3 is 2.43 bits per heavy atom. The summed E-state index contributed by atoms with van der Waals surface area (Å²) in [6.07, 6.45) is 7.66. The van der Waals surface area contributed by atoms with Gasteiger partial charge in [-0.3, -0.25) is 9.59 Å². The highest BCUT2D eigenvalue weighted by Gasteiger charge is 2.70. The molecule has 0 heterocycles. The first kappa shape index (κ1) is 20.1. The molecule has 156 valence electrons. The van der Waals surface area contributed by atoms with Crippen LogP contribution in [-0.4, -0.2) is 29.1 Å². The summed E-state index contributed by atoms with van der Waals surface area (Å²) >= 11 is 0. The molecule has 0 spiro atoms. The molecule has 0 saturated heterocycles. The van der Waals surface area contributed by atoms with Crippen molar-refractivity contribution in [3.8, 4) is 0 Å². The van der Waals surface area contributed by atoms with Crippen molar-refractivity contribution >= 4 is 11.8 Å². The number of aliphatic hydroxyl groups is 1. The summed E-state index contributed by atoms with van der Waals surface area (Å²) in [5.41, 5.74) is -0.705. The zero-order valence-electron chi connectivity index (χ0n) is 18.2. The number of Topliss-reactive ketones (excluding diaryl/α,β-unsaturated/α-hetero) is 1. The summed E-state index contributed by atoms with van der Waals surface area (Å²) in [5.74, 6) is 0.834. The monoisotopic (exact) mass is 388 g/mol. The third kappa shape index (κ3) is 2.27. The molecule has 4 rings (SSSR count). The lowest BCUT2D eigenvalue weighted by Gasteiger charge is -2.69. The van der Waals surface area contributed by atoms with E-state index in [0.717, 1.165) is 25.7 Å². The van der Waals surface area contributed by atoms with Crippen LogP contribution in [0.2, 0.25) is 0 Å². The summed E-state index contributed by atoms with van der Waals surface area (Å²) in [7, 11) is 0. The first-order valence-corrected chi connectivity index (χ1v) is 11.0. The summed E-state index contributed by atoms with van der Waals surface area (Å²) in [6, 6.07) is 0. The van der Waals surface area contributed by atoms with Crippen molar-refractivity contribution < 1.29 is 19.4 Å². The standard InChI is InChI=1S/C24H36O4/c1-14(25)28-16-13-18-22(4)11-10-19(26)21(2,3)17(22)9-12-23(18,5)24(6)15(16)7-8-20(24)27/h7-8,15-18,20,27H,9-13H2,1-6H3/t15?,16-,17?,18?,20+,22+,23-,24+/m1/s1. The van der Waals surface area contributed by atoms with Crippen LogP contribution in [0.4, 0.5) is 0 Å². The molecule has 8 atom stereocenters. The quantitative estimate of drug-likeness (QED) is 0.537. The first-order valence-electron chi connectivity index (χ1n) is 11.0. The Hall–Kier alpha value is -1.16.